The van der Waals surface area contributed by atoms with E-state index in [9.17, 15) is 9.50 Å². The molecular weight excluding hydrogens is 193 g/mol. The fraction of sp³-hybridized carbons (Fsp3) is 0.500. The van der Waals surface area contributed by atoms with Gasteiger partial charge in [0.2, 0.25) is 0 Å². The van der Waals surface area contributed by atoms with Gasteiger partial charge in [0.25, 0.3) is 0 Å². The number of nitrogens with one attached hydrogen (secondary N) is 1. The van der Waals surface area contributed by atoms with E-state index < -0.39 is 6.10 Å². The van der Waals surface area contributed by atoms with E-state index >= 15 is 0 Å². The van der Waals surface area contributed by atoms with Gasteiger partial charge in [-0.25, -0.2) is 4.39 Å². The van der Waals surface area contributed by atoms with E-state index in [1.807, 2.05) is 20.8 Å². The number of rotatable bonds is 4. The zero-order valence-corrected chi connectivity index (χ0v) is 9.42. The average molecular weight is 211 g/mol. The number of benzene rings is 1. The molecule has 1 rings (SSSR count). The zero-order valence-electron chi connectivity index (χ0n) is 9.42. The fourth-order valence-corrected chi connectivity index (χ4v) is 1.38. The zero-order chi connectivity index (χ0) is 11.4. The minimum Gasteiger partial charge on any atom is -0.387 e. The van der Waals surface area contributed by atoms with Crippen molar-refractivity contribution in [2.45, 2.75) is 32.9 Å². The molecule has 0 aliphatic carbocycles. The molecule has 1 unspecified atom stereocenters. The van der Waals surface area contributed by atoms with E-state index in [2.05, 4.69) is 5.32 Å². The fourth-order valence-electron chi connectivity index (χ4n) is 1.38. The molecule has 2 nitrogen and oxygen atoms in total. The first-order valence-corrected chi connectivity index (χ1v) is 5.18. The van der Waals surface area contributed by atoms with Crippen molar-refractivity contribution in [3.8, 4) is 0 Å². The van der Waals surface area contributed by atoms with Gasteiger partial charge < -0.3 is 10.4 Å². The molecule has 0 fully saturated rings. The van der Waals surface area contributed by atoms with Crippen LogP contribution in [-0.2, 0) is 0 Å². The van der Waals surface area contributed by atoms with Crippen LogP contribution in [0.3, 0.4) is 0 Å². The predicted octanol–water partition coefficient (Wildman–Crippen LogP) is 2.17. The van der Waals surface area contributed by atoms with Crippen molar-refractivity contribution in [2.24, 2.45) is 0 Å². The minimum atomic E-state index is -0.785. The quantitative estimate of drug-likeness (QED) is 0.800. The Balaban J connectivity index is 2.72. The molecule has 84 valence electrons. The molecule has 0 aliphatic rings. The summed E-state index contributed by atoms with van der Waals surface area (Å²) in [6.45, 7) is 6.22. The third-order valence-corrected chi connectivity index (χ3v) is 2.23. The highest BCUT2D eigenvalue weighted by molar-refractivity contribution is 5.26. The Morgan fingerprint density at radius 1 is 1.40 bits per heavy atom. The molecule has 1 aromatic carbocycles. The maximum Gasteiger partial charge on any atom is 0.129 e. The lowest BCUT2D eigenvalue weighted by molar-refractivity contribution is 0.167. The molecular formula is C12H18FNO. The summed E-state index contributed by atoms with van der Waals surface area (Å²) in [5.41, 5.74) is 1.32. The van der Waals surface area contributed by atoms with Gasteiger partial charge in [-0.1, -0.05) is 31.5 Å². The average Bonchev–Trinajstić information content (AvgIpc) is 2.18. The lowest BCUT2D eigenvalue weighted by Crippen LogP contribution is -2.28. The number of hydrogen-bond acceptors (Lipinski definition) is 2. The number of halogens is 1. The predicted molar refractivity (Wildman–Crippen MR) is 59.2 cm³/mol. The van der Waals surface area contributed by atoms with Crippen molar-refractivity contribution in [3.05, 3.63) is 35.1 Å². The van der Waals surface area contributed by atoms with E-state index in [0.717, 1.165) is 5.56 Å². The number of aryl methyl sites for hydroxylation is 1. The summed E-state index contributed by atoms with van der Waals surface area (Å²) in [5.74, 6) is -0.348. The van der Waals surface area contributed by atoms with Gasteiger partial charge in [0.05, 0.1) is 6.10 Å². The third kappa shape index (κ3) is 3.61. The Morgan fingerprint density at radius 3 is 2.67 bits per heavy atom. The Labute approximate surface area is 90.1 Å². The Hall–Kier alpha value is -0.930. The van der Waals surface area contributed by atoms with E-state index in [1.165, 1.54) is 6.07 Å². The topological polar surface area (TPSA) is 32.3 Å². The van der Waals surface area contributed by atoms with Gasteiger partial charge in [-0.15, -0.1) is 0 Å². The van der Waals surface area contributed by atoms with Crippen molar-refractivity contribution in [1.82, 2.24) is 5.32 Å². The lowest BCUT2D eigenvalue weighted by atomic mass is 10.1. The molecule has 0 aromatic heterocycles. The van der Waals surface area contributed by atoms with Crippen LogP contribution in [-0.4, -0.2) is 17.7 Å². The molecule has 0 radical (unpaired) electrons. The summed E-state index contributed by atoms with van der Waals surface area (Å²) in [5, 5.41) is 12.8. The van der Waals surface area contributed by atoms with Crippen LogP contribution in [0.1, 0.15) is 31.1 Å². The van der Waals surface area contributed by atoms with Crippen LogP contribution in [0.2, 0.25) is 0 Å². The monoisotopic (exact) mass is 211 g/mol. The molecule has 0 saturated heterocycles. The van der Waals surface area contributed by atoms with Gasteiger partial charge in [-0.05, 0) is 13.0 Å². The Kier molecular flexibility index (Phi) is 4.24. The van der Waals surface area contributed by atoms with Crippen LogP contribution in [0, 0.1) is 12.7 Å². The molecule has 3 heteroatoms. The van der Waals surface area contributed by atoms with Gasteiger partial charge >= 0.3 is 0 Å². The van der Waals surface area contributed by atoms with Crippen LogP contribution in [0.15, 0.2) is 18.2 Å². The summed E-state index contributed by atoms with van der Waals surface area (Å²) in [4.78, 5) is 0. The van der Waals surface area contributed by atoms with Crippen LogP contribution < -0.4 is 5.32 Å². The molecule has 2 N–H and O–H groups in total. The van der Waals surface area contributed by atoms with Crippen molar-refractivity contribution in [2.75, 3.05) is 6.54 Å². The van der Waals surface area contributed by atoms with Crippen LogP contribution in [0.25, 0.3) is 0 Å². The normalized spacial score (nSPS) is 13.2. The second kappa shape index (κ2) is 5.24. The molecule has 15 heavy (non-hydrogen) atoms. The second-order valence-corrected chi connectivity index (χ2v) is 4.10. The van der Waals surface area contributed by atoms with Crippen molar-refractivity contribution >= 4 is 0 Å². The summed E-state index contributed by atoms with van der Waals surface area (Å²) < 4.78 is 13.4. The molecule has 0 saturated carbocycles. The first-order valence-electron chi connectivity index (χ1n) is 5.18. The van der Waals surface area contributed by atoms with Crippen molar-refractivity contribution < 1.29 is 9.50 Å². The second-order valence-electron chi connectivity index (χ2n) is 4.10. The summed E-state index contributed by atoms with van der Waals surface area (Å²) in [6.07, 6.45) is -0.785. The van der Waals surface area contributed by atoms with E-state index in [4.69, 9.17) is 0 Å². The molecule has 1 aromatic rings. The number of hydrogen-bond donors (Lipinski definition) is 2. The third-order valence-electron chi connectivity index (χ3n) is 2.23. The molecule has 0 bridgehead atoms. The molecule has 0 spiro atoms. The largest absolute Gasteiger partial charge is 0.387 e. The highest BCUT2D eigenvalue weighted by Crippen LogP contribution is 2.17. The summed E-state index contributed by atoms with van der Waals surface area (Å²) in [7, 11) is 0. The highest BCUT2D eigenvalue weighted by atomic mass is 19.1. The first-order chi connectivity index (χ1) is 7.00. The van der Waals surface area contributed by atoms with Crippen LogP contribution >= 0.6 is 0 Å². The van der Waals surface area contributed by atoms with Gasteiger partial charge in [0.15, 0.2) is 0 Å². The standard InChI is InChI=1S/C12H18FNO/c1-8(2)14-7-12(15)10-6-9(3)4-5-11(10)13/h4-6,8,12,14-15H,7H2,1-3H3. The Morgan fingerprint density at radius 2 is 2.07 bits per heavy atom. The van der Waals surface area contributed by atoms with Crippen molar-refractivity contribution in [1.29, 1.82) is 0 Å². The Bertz CT molecular complexity index is 325. The van der Waals surface area contributed by atoms with Gasteiger partial charge in [0.1, 0.15) is 5.82 Å². The summed E-state index contributed by atoms with van der Waals surface area (Å²) in [6, 6.07) is 5.06. The highest BCUT2D eigenvalue weighted by Gasteiger charge is 2.12. The van der Waals surface area contributed by atoms with Gasteiger partial charge in [-0.2, -0.15) is 0 Å². The van der Waals surface area contributed by atoms with Crippen LogP contribution in [0.5, 0.6) is 0 Å². The maximum absolute atomic E-state index is 13.4. The molecule has 0 heterocycles. The van der Waals surface area contributed by atoms with Crippen LogP contribution in [0.4, 0.5) is 4.39 Å². The van der Waals surface area contributed by atoms with Crippen molar-refractivity contribution in [3.63, 3.8) is 0 Å². The first kappa shape index (κ1) is 12.1. The van der Waals surface area contributed by atoms with E-state index in [0.29, 0.717) is 12.1 Å². The molecule has 0 aliphatic heterocycles. The van der Waals surface area contributed by atoms with Gasteiger partial charge in [0, 0.05) is 18.2 Å². The molecule has 1 atom stereocenters. The maximum atomic E-state index is 13.4. The smallest absolute Gasteiger partial charge is 0.129 e. The SMILES string of the molecule is Cc1ccc(F)c(C(O)CNC(C)C)c1. The minimum absolute atomic E-state index is 0.285. The van der Waals surface area contributed by atoms with E-state index in [-0.39, 0.29) is 11.9 Å². The molecule has 0 amide bonds. The summed E-state index contributed by atoms with van der Waals surface area (Å²) >= 11 is 0. The lowest BCUT2D eigenvalue weighted by Gasteiger charge is -2.15. The number of aliphatic hydroxyl groups is 1. The van der Waals surface area contributed by atoms with E-state index in [1.54, 1.807) is 12.1 Å². The van der Waals surface area contributed by atoms with Gasteiger partial charge in [-0.3, -0.25) is 0 Å². The number of aliphatic hydroxyl groups excluding tert-OH is 1.